The number of amides is 1. The molecule has 0 aliphatic rings. The second-order valence-electron chi connectivity index (χ2n) is 7.31. The Morgan fingerprint density at radius 3 is 2.33 bits per heavy atom. The standard InChI is InChI=1S/C17H30N2OS/c1-12(2)10-14(16(20)19(6)7)18-11-13-8-9-15(21-13)17(3,4)5/h8-9,12,14,18H,10-11H2,1-7H3. The predicted octanol–water partition coefficient (Wildman–Crippen LogP) is 3.64. The summed E-state index contributed by atoms with van der Waals surface area (Å²) in [4.78, 5) is 16.6. The number of hydrogen-bond acceptors (Lipinski definition) is 3. The summed E-state index contributed by atoms with van der Waals surface area (Å²) in [6.45, 7) is 11.8. The second-order valence-corrected chi connectivity index (χ2v) is 8.48. The third-order valence-corrected chi connectivity index (χ3v) is 4.88. The fourth-order valence-corrected chi connectivity index (χ4v) is 3.17. The van der Waals surface area contributed by atoms with Crippen molar-refractivity contribution in [1.82, 2.24) is 10.2 Å². The van der Waals surface area contributed by atoms with Crippen LogP contribution in [0.4, 0.5) is 0 Å². The summed E-state index contributed by atoms with van der Waals surface area (Å²) in [5.41, 5.74) is 0.194. The second kappa shape index (κ2) is 7.41. The molecule has 0 saturated carbocycles. The summed E-state index contributed by atoms with van der Waals surface area (Å²) >= 11 is 1.83. The van der Waals surface area contributed by atoms with Crippen LogP contribution in [-0.4, -0.2) is 30.9 Å². The molecule has 1 atom stereocenters. The van der Waals surface area contributed by atoms with Gasteiger partial charge >= 0.3 is 0 Å². The van der Waals surface area contributed by atoms with Crippen molar-refractivity contribution in [3.05, 3.63) is 21.9 Å². The number of carbonyl (C=O) groups is 1. The van der Waals surface area contributed by atoms with Crippen molar-refractivity contribution in [2.45, 2.75) is 59.0 Å². The topological polar surface area (TPSA) is 32.3 Å². The summed E-state index contributed by atoms with van der Waals surface area (Å²) in [6, 6.07) is 4.28. The van der Waals surface area contributed by atoms with E-state index in [-0.39, 0.29) is 17.4 Å². The molecule has 0 fully saturated rings. The molecule has 1 aromatic heterocycles. The predicted molar refractivity (Wildman–Crippen MR) is 91.8 cm³/mol. The molecule has 120 valence electrons. The Bertz CT molecular complexity index is 458. The van der Waals surface area contributed by atoms with Crippen LogP contribution in [0.25, 0.3) is 0 Å². The van der Waals surface area contributed by atoms with E-state index >= 15 is 0 Å². The summed E-state index contributed by atoms with van der Waals surface area (Å²) in [5, 5.41) is 3.43. The lowest BCUT2D eigenvalue weighted by Gasteiger charge is -2.23. The molecule has 0 aliphatic carbocycles. The Balaban J connectivity index is 2.68. The maximum Gasteiger partial charge on any atom is 0.239 e. The van der Waals surface area contributed by atoms with Crippen LogP contribution in [0.3, 0.4) is 0 Å². The number of nitrogens with one attached hydrogen (secondary N) is 1. The molecule has 0 aromatic carbocycles. The Kier molecular flexibility index (Phi) is 6.41. The van der Waals surface area contributed by atoms with E-state index in [1.54, 1.807) is 4.90 Å². The molecule has 4 heteroatoms. The smallest absolute Gasteiger partial charge is 0.239 e. The lowest BCUT2D eigenvalue weighted by molar-refractivity contribution is -0.131. The minimum absolute atomic E-state index is 0.0970. The first kappa shape index (κ1) is 18.2. The molecule has 1 amide bonds. The molecule has 0 radical (unpaired) electrons. The fraction of sp³-hybridized carbons (Fsp3) is 0.706. The molecule has 3 nitrogen and oxygen atoms in total. The molecule has 1 aromatic rings. The van der Waals surface area contributed by atoms with E-state index in [9.17, 15) is 4.79 Å². The Labute approximate surface area is 133 Å². The Hall–Kier alpha value is -0.870. The van der Waals surface area contributed by atoms with Crippen molar-refractivity contribution >= 4 is 17.2 Å². The quantitative estimate of drug-likeness (QED) is 0.870. The SMILES string of the molecule is CC(C)CC(NCc1ccc(C(C)(C)C)s1)C(=O)N(C)C. The Morgan fingerprint density at radius 2 is 1.90 bits per heavy atom. The first-order valence-electron chi connectivity index (χ1n) is 7.65. The highest BCUT2D eigenvalue weighted by Crippen LogP contribution is 2.29. The molecule has 1 unspecified atom stereocenters. The van der Waals surface area contributed by atoms with Crippen molar-refractivity contribution in [1.29, 1.82) is 0 Å². The summed E-state index contributed by atoms with van der Waals surface area (Å²) in [6.07, 6.45) is 0.870. The van der Waals surface area contributed by atoms with Crippen LogP contribution in [0.1, 0.15) is 50.8 Å². The maximum atomic E-state index is 12.2. The van der Waals surface area contributed by atoms with Gasteiger partial charge in [0.2, 0.25) is 5.91 Å². The first-order chi connectivity index (χ1) is 9.61. The van der Waals surface area contributed by atoms with Gasteiger partial charge in [-0.2, -0.15) is 0 Å². The zero-order valence-corrected chi connectivity index (χ0v) is 15.3. The van der Waals surface area contributed by atoms with Crippen LogP contribution in [0.2, 0.25) is 0 Å². The van der Waals surface area contributed by atoms with Crippen LogP contribution in [0, 0.1) is 5.92 Å². The number of carbonyl (C=O) groups excluding carboxylic acids is 1. The fourth-order valence-electron chi connectivity index (χ4n) is 2.15. The van der Waals surface area contributed by atoms with Gasteiger partial charge in [0, 0.05) is 30.4 Å². The van der Waals surface area contributed by atoms with Crippen LogP contribution in [0.15, 0.2) is 12.1 Å². The molecule has 0 aliphatic heterocycles. The summed E-state index contributed by atoms with van der Waals surface area (Å²) in [5.74, 6) is 0.663. The van der Waals surface area contributed by atoms with Gasteiger partial charge in [0.05, 0.1) is 6.04 Å². The van der Waals surface area contributed by atoms with Crippen molar-refractivity contribution < 1.29 is 4.79 Å². The van der Waals surface area contributed by atoms with E-state index in [0.29, 0.717) is 5.92 Å². The van der Waals surface area contributed by atoms with Crippen molar-refractivity contribution in [2.24, 2.45) is 5.92 Å². The average molecular weight is 311 g/mol. The van der Waals surface area contributed by atoms with Gasteiger partial charge in [0.15, 0.2) is 0 Å². The zero-order valence-electron chi connectivity index (χ0n) is 14.5. The minimum atomic E-state index is -0.0970. The summed E-state index contributed by atoms with van der Waals surface area (Å²) < 4.78 is 0. The van der Waals surface area contributed by atoms with Gasteiger partial charge in [-0.3, -0.25) is 4.79 Å². The van der Waals surface area contributed by atoms with Gasteiger partial charge < -0.3 is 10.2 Å². The highest BCUT2D eigenvalue weighted by atomic mass is 32.1. The Morgan fingerprint density at radius 1 is 1.29 bits per heavy atom. The van der Waals surface area contributed by atoms with Gasteiger partial charge in [-0.25, -0.2) is 0 Å². The molecule has 21 heavy (non-hydrogen) atoms. The van der Waals surface area contributed by atoms with Crippen molar-refractivity contribution in [3.63, 3.8) is 0 Å². The first-order valence-corrected chi connectivity index (χ1v) is 8.46. The number of likely N-dealkylation sites (N-methyl/N-ethyl adjacent to an activating group) is 1. The minimum Gasteiger partial charge on any atom is -0.347 e. The highest BCUT2D eigenvalue weighted by Gasteiger charge is 2.21. The van der Waals surface area contributed by atoms with Crippen LogP contribution < -0.4 is 5.32 Å². The van der Waals surface area contributed by atoms with Crippen molar-refractivity contribution in [2.75, 3.05) is 14.1 Å². The number of thiophene rings is 1. The van der Waals surface area contributed by atoms with Gasteiger partial charge in [-0.1, -0.05) is 34.6 Å². The normalized spacial score (nSPS) is 13.5. The van der Waals surface area contributed by atoms with Crippen LogP contribution >= 0.6 is 11.3 Å². The third-order valence-electron chi connectivity index (χ3n) is 3.37. The van der Waals surface area contributed by atoms with E-state index in [0.717, 1.165) is 13.0 Å². The molecule has 0 saturated heterocycles. The van der Waals surface area contributed by atoms with E-state index in [4.69, 9.17) is 0 Å². The van der Waals surface area contributed by atoms with Gasteiger partial charge in [0.1, 0.15) is 0 Å². The third kappa shape index (κ3) is 5.79. The van der Waals surface area contributed by atoms with E-state index in [1.807, 2.05) is 25.4 Å². The number of nitrogens with zero attached hydrogens (tertiary/aromatic N) is 1. The van der Waals surface area contributed by atoms with E-state index in [2.05, 4.69) is 52.1 Å². The molecule has 1 N–H and O–H groups in total. The number of hydrogen-bond donors (Lipinski definition) is 1. The maximum absolute atomic E-state index is 12.2. The molecular weight excluding hydrogens is 280 g/mol. The summed E-state index contributed by atoms with van der Waals surface area (Å²) in [7, 11) is 3.64. The average Bonchev–Trinajstić information content (AvgIpc) is 2.81. The highest BCUT2D eigenvalue weighted by molar-refractivity contribution is 7.12. The van der Waals surface area contributed by atoms with E-state index in [1.165, 1.54) is 9.75 Å². The monoisotopic (exact) mass is 310 g/mol. The number of rotatable bonds is 6. The molecular formula is C17H30N2OS. The molecule has 1 rings (SSSR count). The zero-order chi connectivity index (χ0) is 16.2. The van der Waals surface area contributed by atoms with Gasteiger partial charge in [-0.05, 0) is 29.9 Å². The van der Waals surface area contributed by atoms with Crippen LogP contribution in [0.5, 0.6) is 0 Å². The van der Waals surface area contributed by atoms with Gasteiger partial charge in [0.25, 0.3) is 0 Å². The van der Waals surface area contributed by atoms with Gasteiger partial charge in [-0.15, -0.1) is 11.3 Å². The lowest BCUT2D eigenvalue weighted by atomic mass is 9.95. The lowest BCUT2D eigenvalue weighted by Crippen LogP contribution is -2.44. The van der Waals surface area contributed by atoms with Crippen molar-refractivity contribution in [3.8, 4) is 0 Å². The molecule has 0 bridgehead atoms. The molecule has 0 spiro atoms. The largest absolute Gasteiger partial charge is 0.347 e. The molecule has 1 heterocycles. The van der Waals surface area contributed by atoms with Crippen LogP contribution in [-0.2, 0) is 16.8 Å². The van der Waals surface area contributed by atoms with E-state index < -0.39 is 0 Å².